The number of anilines is 2. The van der Waals surface area contributed by atoms with E-state index < -0.39 is 6.03 Å². The monoisotopic (exact) mass is 462 g/mol. The molecule has 1 unspecified atom stereocenters. The van der Waals surface area contributed by atoms with E-state index in [0.29, 0.717) is 36.8 Å². The molecule has 2 aromatic rings. The number of phenols is 1. The zero-order chi connectivity index (χ0) is 22.1. The van der Waals surface area contributed by atoms with Gasteiger partial charge < -0.3 is 25.5 Å². The van der Waals surface area contributed by atoms with Crippen LogP contribution < -0.4 is 10.6 Å². The summed E-state index contributed by atoms with van der Waals surface area (Å²) in [7, 11) is 0. The molecule has 0 spiro atoms. The summed E-state index contributed by atoms with van der Waals surface area (Å²) in [5.41, 5.74) is 0.468. The van der Waals surface area contributed by atoms with Gasteiger partial charge in [0.15, 0.2) is 5.75 Å². The first-order chi connectivity index (χ1) is 14.8. The van der Waals surface area contributed by atoms with Gasteiger partial charge in [0.25, 0.3) is 5.91 Å². The number of amides is 4. The Balaban J connectivity index is 1.46. The van der Waals surface area contributed by atoms with Gasteiger partial charge in [-0.15, -0.1) is 0 Å². The van der Waals surface area contributed by atoms with Crippen LogP contribution in [0.15, 0.2) is 36.4 Å². The third kappa shape index (κ3) is 4.26. The van der Waals surface area contributed by atoms with Crippen LogP contribution in [0.25, 0.3) is 0 Å². The van der Waals surface area contributed by atoms with Crippen molar-refractivity contribution in [3.8, 4) is 5.75 Å². The number of nitrogens with one attached hydrogen (secondary N) is 2. The smallest absolute Gasteiger partial charge is 0.323 e. The van der Waals surface area contributed by atoms with Crippen molar-refractivity contribution in [2.45, 2.75) is 18.9 Å². The molecule has 4 amide bonds. The molecule has 3 N–H and O–H groups in total. The summed E-state index contributed by atoms with van der Waals surface area (Å²) in [5, 5.41) is 16.2. The second-order valence-corrected chi connectivity index (χ2v) is 8.20. The molecule has 4 rings (SSSR count). The Bertz CT molecular complexity index is 1060. The van der Waals surface area contributed by atoms with Crippen molar-refractivity contribution in [2.75, 3.05) is 30.3 Å². The molecule has 2 aliphatic heterocycles. The van der Waals surface area contributed by atoms with Crippen LogP contribution in [0.1, 0.15) is 23.2 Å². The van der Waals surface area contributed by atoms with Crippen LogP contribution in [-0.2, 0) is 4.79 Å². The Hall–Kier alpha value is -2.97. The molecule has 0 aliphatic carbocycles. The van der Waals surface area contributed by atoms with Gasteiger partial charge in [-0.3, -0.25) is 9.59 Å². The number of piperazine rings is 1. The summed E-state index contributed by atoms with van der Waals surface area (Å²) >= 11 is 12.0. The number of benzene rings is 2. The van der Waals surface area contributed by atoms with Gasteiger partial charge in [-0.2, -0.15) is 0 Å². The average molecular weight is 463 g/mol. The fourth-order valence-electron chi connectivity index (χ4n) is 3.91. The summed E-state index contributed by atoms with van der Waals surface area (Å²) < 4.78 is 0. The van der Waals surface area contributed by atoms with Crippen LogP contribution in [0.3, 0.4) is 0 Å². The molecule has 0 bridgehead atoms. The van der Waals surface area contributed by atoms with Crippen LogP contribution >= 0.6 is 23.2 Å². The van der Waals surface area contributed by atoms with Crippen molar-refractivity contribution in [2.24, 2.45) is 0 Å². The minimum atomic E-state index is -0.651. The summed E-state index contributed by atoms with van der Waals surface area (Å²) in [6.07, 6.45) is 1.23. The van der Waals surface area contributed by atoms with Gasteiger partial charge in [0.2, 0.25) is 5.91 Å². The van der Waals surface area contributed by atoms with Crippen molar-refractivity contribution in [3.05, 3.63) is 52.0 Å². The van der Waals surface area contributed by atoms with Gasteiger partial charge in [0, 0.05) is 32.1 Å². The number of rotatable bonds is 3. The van der Waals surface area contributed by atoms with Gasteiger partial charge >= 0.3 is 6.03 Å². The number of halogens is 2. The fourth-order valence-corrected chi connectivity index (χ4v) is 4.26. The Morgan fingerprint density at radius 2 is 1.74 bits per heavy atom. The molecule has 0 saturated carbocycles. The third-order valence-corrected chi connectivity index (χ3v) is 6.32. The summed E-state index contributed by atoms with van der Waals surface area (Å²) in [5.74, 6) is -0.555. The molecule has 162 valence electrons. The van der Waals surface area contributed by atoms with Gasteiger partial charge in [0.1, 0.15) is 0 Å². The quantitative estimate of drug-likeness (QED) is 0.603. The zero-order valence-electron chi connectivity index (χ0n) is 16.4. The number of carbonyl (C=O) groups excluding carboxylic acids is 3. The Morgan fingerprint density at radius 1 is 1.03 bits per heavy atom. The number of hydrogen-bond acceptors (Lipinski definition) is 4. The molecule has 2 aliphatic rings. The Kier molecular flexibility index (Phi) is 5.93. The van der Waals surface area contributed by atoms with E-state index in [1.54, 1.807) is 29.2 Å². The van der Waals surface area contributed by atoms with Crippen molar-refractivity contribution < 1.29 is 19.5 Å². The number of urea groups is 1. The van der Waals surface area contributed by atoms with Crippen molar-refractivity contribution >= 4 is 52.4 Å². The van der Waals surface area contributed by atoms with Gasteiger partial charge in [0.05, 0.1) is 27.0 Å². The molecule has 2 fully saturated rings. The molecule has 1 atom stereocenters. The van der Waals surface area contributed by atoms with Crippen molar-refractivity contribution in [3.63, 3.8) is 0 Å². The fraction of sp³-hybridized carbons (Fsp3) is 0.286. The average Bonchev–Trinajstić information content (AvgIpc) is 3.12. The number of nitrogens with zero attached hydrogens (tertiary/aromatic N) is 2. The van der Waals surface area contributed by atoms with Gasteiger partial charge in [-0.05, 0) is 30.7 Å². The van der Waals surface area contributed by atoms with E-state index >= 15 is 0 Å². The Labute approximate surface area is 188 Å². The number of aromatic hydroxyl groups is 1. The topological polar surface area (TPSA) is 102 Å². The van der Waals surface area contributed by atoms with E-state index in [0.717, 1.165) is 6.42 Å². The lowest BCUT2D eigenvalue weighted by atomic mass is 10.1. The second-order valence-electron chi connectivity index (χ2n) is 7.41. The van der Waals surface area contributed by atoms with Crippen LogP contribution in [0.5, 0.6) is 5.75 Å². The number of para-hydroxylation sites is 1. The largest absolute Gasteiger partial charge is 0.505 e. The summed E-state index contributed by atoms with van der Waals surface area (Å²) in [6, 6.07) is 8.74. The molecule has 10 heteroatoms. The molecule has 8 nitrogen and oxygen atoms in total. The number of fused-ring (bicyclic) bond motifs is 1. The highest BCUT2D eigenvalue weighted by molar-refractivity contribution is 6.44. The number of hydrogen-bond donors (Lipinski definition) is 3. The van der Waals surface area contributed by atoms with E-state index in [9.17, 15) is 19.5 Å². The lowest BCUT2D eigenvalue weighted by Gasteiger charge is -2.37. The first-order valence-corrected chi connectivity index (χ1v) is 10.5. The highest BCUT2D eigenvalue weighted by atomic mass is 35.5. The first-order valence-electron chi connectivity index (χ1n) is 9.78. The lowest BCUT2D eigenvalue weighted by Crippen LogP contribution is -2.53. The standard InChI is InChI=1S/C21H20Cl2N4O4/c22-14-4-2-5-15(18(14)23)24-21(31)25-16-6-1-3-13(19(16)29)20(30)26-9-10-27-12(11-26)7-8-17(27)28/h1-6,12,29H,7-11H2,(H2,24,25,31). The van der Waals surface area contributed by atoms with Crippen LogP contribution in [-0.4, -0.2) is 58.4 Å². The van der Waals surface area contributed by atoms with Gasteiger partial charge in [-0.1, -0.05) is 35.3 Å². The normalized spacial score (nSPS) is 18.0. The maximum Gasteiger partial charge on any atom is 0.323 e. The second kappa shape index (κ2) is 8.64. The minimum Gasteiger partial charge on any atom is -0.505 e. The number of phenolic OH excluding ortho intramolecular Hbond substituents is 1. The minimum absolute atomic E-state index is 0.0156. The van der Waals surface area contributed by atoms with E-state index in [-0.39, 0.29) is 39.9 Å². The molecular formula is C21H20Cl2N4O4. The molecule has 2 aromatic carbocycles. The van der Waals surface area contributed by atoms with E-state index in [1.165, 1.54) is 12.1 Å². The highest BCUT2D eigenvalue weighted by Crippen LogP contribution is 2.32. The van der Waals surface area contributed by atoms with E-state index in [2.05, 4.69) is 10.6 Å². The first kappa shape index (κ1) is 21.3. The molecule has 2 heterocycles. The van der Waals surface area contributed by atoms with Gasteiger partial charge in [-0.25, -0.2) is 4.79 Å². The maximum atomic E-state index is 13.0. The third-order valence-electron chi connectivity index (χ3n) is 5.50. The summed E-state index contributed by atoms with van der Waals surface area (Å²) in [4.78, 5) is 40.7. The van der Waals surface area contributed by atoms with Crippen LogP contribution in [0, 0.1) is 0 Å². The maximum absolute atomic E-state index is 13.0. The van der Waals surface area contributed by atoms with E-state index in [4.69, 9.17) is 23.2 Å². The van der Waals surface area contributed by atoms with Crippen LogP contribution in [0.2, 0.25) is 10.0 Å². The molecule has 0 radical (unpaired) electrons. The predicted octanol–water partition coefficient (Wildman–Crippen LogP) is 3.79. The zero-order valence-corrected chi connectivity index (χ0v) is 17.9. The number of carbonyl (C=O) groups is 3. The van der Waals surface area contributed by atoms with E-state index in [1.807, 2.05) is 4.90 Å². The molecular weight excluding hydrogens is 443 g/mol. The predicted molar refractivity (Wildman–Crippen MR) is 118 cm³/mol. The highest BCUT2D eigenvalue weighted by Gasteiger charge is 2.37. The van der Waals surface area contributed by atoms with Crippen LogP contribution in [0.4, 0.5) is 16.2 Å². The lowest BCUT2D eigenvalue weighted by molar-refractivity contribution is -0.130. The van der Waals surface area contributed by atoms with Crippen molar-refractivity contribution in [1.29, 1.82) is 0 Å². The summed E-state index contributed by atoms with van der Waals surface area (Å²) in [6.45, 7) is 1.30. The SMILES string of the molecule is O=C(Nc1cccc(C(=O)N2CCN3C(=O)CCC3C2)c1O)Nc1cccc(Cl)c1Cl. The Morgan fingerprint density at radius 3 is 2.55 bits per heavy atom. The molecule has 0 aromatic heterocycles. The molecule has 2 saturated heterocycles. The van der Waals surface area contributed by atoms with Crippen molar-refractivity contribution in [1.82, 2.24) is 9.80 Å². The molecule has 31 heavy (non-hydrogen) atoms.